The zero-order chi connectivity index (χ0) is 7.84. The van der Waals surface area contributed by atoms with Crippen molar-refractivity contribution in [1.82, 2.24) is 9.97 Å². The van der Waals surface area contributed by atoms with Crippen LogP contribution in [0.15, 0.2) is 27.8 Å². The molecule has 0 saturated heterocycles. The molecule has 56 valence electrons. The van der Waals surface area contributed by atoms with Gasteiger partial charge in [0.25, 0.3) is 0 Å². The number of thiol groups is 1. The van der Waals surface area contributed by atoms with Gasteiger partial charge in [0, 0.05) is 9.37 Å². The molecule has 4 heteroatoms. The van der Waals surface area contributed by atoms with Crippen molar-refractivity contribution in [3.63, 3.8) is 0 Å². The number of nitrogens with one attached hydrogen (secondary N) is 1. The number of nitrogens with zero attached hydrogens (tertiary/aromatic N) is 1. The third-order valence-corrected chi connectivity index (χ3v) is 2.82. The van der Waals surface area contributed by atoms with E-state index in [4.69, 9.17) is 0 Å². The monoisotopic (exact) mass is 228 g/mol. The summed E-state index contributed by atoms with van der Waals surface area (Å²) in [5, 5.41) is 0. The van der Waals surface area contributed by atoms with Crippen LogP contribution in [0.5, 0.6) is 0 Å². The molecule has 0 spiro atoms. The predicted octanol–water partition coefficient (Wildman–Crippen LogP) is 2.61. The minimum Gasteiger partial charge on any atom is -0.345 e. The van der Waals surface area contributed by atoms with E-state index in [0.717, 1.165) is 20.4 Å². The van der Waals surface area contributed by atoms with Crippen molar-refractivity contribution in [2.45, 2.75) is 4.90 Å². The lowest BCUT2D eigenvalue weighted by atomic mass is 10.3. The molecule has 0 unspecified atom stereocenters. The largest absolute Gasteiger partial charge is 0.345 e. The smallest absolute Gasteiger partial charge is 0.0931 e. The molecule has 2 aromatic rings. The standard InChI is InChI=1S/C7H5BrN2S/c8-4-1-5-6(2-7(4)11)10-3-9-5/h1-3,11H,(H,9,10). The Morgan fingerprint density at radius 1 is 1.45 bits per heavy atom. The van der Waals surface area contributed by atoms with Crippen molar-refractivity contribution >= 4 is 39.6 Å². The van der Waals surface area contributed by atoms with Crippen LogP contribution in [-0.2, 0) is 0 Å². The third kappa shape index (κ3) is 1.16. The number of hydrogen-bond acceptors (Lipinski definition) is 2. The predicted molar refractivity (Wildman–Crippen MR) is 51.0 cm³/mol. The molecule has 1 N–H and O–H groups in total. The van der Waals surface area contributed by atoms with Crippen LogP contribution in [0.4, 0.5) is 0 Å². The van der Waals surface area contributed by atoms with Crippen LogP contribution in [0.2, 0.25) is 0 Å². The SMILES string of the molecule is Sc1cc2nc[nH]c2cc1Br. The molecule has 0 aliphatic carbocycles. The highest BCUT2D eigenvalue weighted by Gasteiger charge is 1.99. The van der Waals surface area contributed by atoms with Crippen LogP contribution < -0.4 is 0 Å². The molecule has 0 aliphatic heterocycles. The van der Waals surface area contributed by atoms with Crippen LogP contribution in [0.25, 0.3) is 11.0 Å². The Hall–Kier alpha value is -0.480. The maximum atomic E-state index is 4.25. The fourth-order valence-electron chi connectivity index (χ4n) is 0.945. The second kappa shape index (κ2) is 2.53. The molecular formula is C7H5BrN2S. The van der Waals surface area contributed by atoms with Gasteiger partial charge in [-0.3, -0.25) is 0 Å². The molecule has 2 nitrogen and oxygen atoms in total. The Balaban J connectivity index is 2.86. The fraction of sp³-hybridized carbons (Fsp3) is 0. The normalized spacial score (nSPS) is 10.7. The first kappa shape index (κ1) is 7.18. The molecule has 0 bridgehead atoms. The molecule has 1 heterocycles. The lowest BCUT2D eigenvalue weighted by Crippen LogP contribution is -1.72. The Labute approximate surface area is 77.6 Å². The summed E-state index contributed by atoms with van der Waals surface area (Å²) in [4.78, 5) is 8.01. The van der Waals surface area contributed by atoms with Gasteiger partial charge in [0.05, 0.1) is 17.4 Å². The van der Waals surface area contributed by atoms with Crippen LogP contribution in [0, 0.1) is 0 Å². The van der Waals surface area contributed by atoms with Gasteiger partial charge < -0.3 is 4.98 Å². The van der Waals surface area contributed by atoms with Gasteiger partial charge in [0.15, 0.2) is 0 Å². The molecule has 0 aliphatic rings. The fourth-order valence-corrected chi connectivity index (χ4v) is 1.47. The van der Waals surface area contributed by atoms with E-state index in [-0.39, 0.29) is 0 Å². The second-order valence-corrected chi connectivity index (χ2v) is 3.56. The highest BCUT2D eigenvalue weighted by atomic mass is 79.9. The van der Waals surface area contributed by atoms with Crippen molar-refractivity contribution in [2.24, 2.45) is 0 Å². The first-order chi connectivity index (χ1) is 5.27. The van der Waals surface area contributed by atoms with E-state index >= 15 is 0 Å². The van der Waals surface area contributed by atoms with E-state index in [0.29, 0.717) is 0 Å². The average molecular weight is 229 g/mol. The summed E-state index contributed by atoms with van der Waals surface area (Å²) in [7, 11) is 0. The molecule has 0 amide bonds. The van der Waals surface area contributed by atoms with E-state index in [2.05, 4.69) is 38.5 Å². The molecule has 1 aromatic heterocycles. The van der Waals surface area contributed by atoms with Crippen molar-refractivity contribution < 1.29 is 0 Å². The second-order valence-electron chi connectivity index (χ2n) is 2.22. The Morgan fingerprint density at radius 3 is 3.09 bits per heavy atom. The van der Waals surface area contributed by atoms with Crippen molar-refractivity contribution in [1.29, 1.82) is 0 Å². The van der Waals surface area contributed by atoms with Gasteiger partial charge in [-0.25, -0.2) is 4.98 Å². The third-order valence-electron chi connectivity index (χ3n) is 1.49. The van der Waals surface area contributed by atoms with Crippen LogP contribution >= 0.6 is 28.6 Å². The van der Waals surface area contributed by atoms with E-state index in [1.165, 1.54) is 0 Å². The quantitative estimate of drug-likeness (QED) is 0.668. The number of H-pyrrole nitrogens is 1. The summed E-state index contributed by atoms with van der Waals surface area (Å²) in [6, 6.07) is 3.88. The van der Waals surface area contributed by atoms with E-state index < -0.39 is 0 Å². The van der Waals surface area contributed by atoms with Gasteiger partial charge in [-0.15, -0.1) is 12.6 Å². The summed E-state index contributed by atoms with van der Waals surface area (Å²) < 4.78 is 0.984. The van der Waals surface area contributed by atoms with E-state index in [9.17, 15) is 0 Å². The Morgan fingerprint density at radius 2 is 2.27 bits per heavy atom. The number of rotatable bonds is 0. The van der Waals surface area contributed by atoms with Gasteiger partial charge >= 0.3 is 0 Å². The number of fused-ring (bicyclic) bond motifs is 1. The minimum atomic E-state index is 0.907. The Bertz CT molecular complexity index is 360. The molecular weight excluding hydrogens is 224 g/mol. The number of imidazole rings is 1. The van der Waals surface area contributed by atoms with Crippen LogP contribution in [-0.4, -0.2) is 9.97 Å². The summed E-state index contributed by atoms with van der Waals surface area (Å²) in [5.41, 5.74) is 1.97. The van der Waals surface area contributed by atoms with Crippen molar-refractivity contribution in [2.75, 3.05) is 0 Å². The van der Waals surface area contributed by atoms with Gasteiger partial charge in [0.2, 0.25) is 0 Å². The van der Waals surface area contributed by atoms with Gasteiger partial charge in [-0.05, 0) is 28.1 Å². The summed E-state index contributed by atoms with van der Waals surface area (Å²) in [6.07, 6.45) is 1.67. The van der Waals surface area contributed by atoms with Gasteiger partial charge in [0.1, 0.15) is 0 Å². The van der Waals surface area contributed by atoms with E-state index in [1.54, 1.807) is 6.33 Å². The maximum absolute atomic E-state index is 4.25. The molecule has 1 aromatic carbocycles. The molecule has 0 atom stereocenters. The highest BCUT2D eigenvalue weighted by Crippen LogP contribution is 2.24. The summed E-state index contributed by atoms with van der Waals surface area (Å²) in [5.74, 6) is 0. The summed E-state index contributed by atoms with van der Waals surface area (Å²) in [6.45, 7) is 0. The lowest BCUT2D eigenvalue weighted by Gasteiger charge is -1.94. The number of hydrogen-bond donors (Lipinski definition) is 2. The van der Waals surface area contributed by atoms with Gasteiger partial charge in [-0.2, -0.15) is 0 Å². The zero-order valence-electron chi connectivity index (χ0n) is 5.50. The van der Waals surface area contributed by atoms with E-state index in [1.807, 2.05) is 12.1 Å². The van der Waals surface area contributed by atoms with Crippen molar-refractivity contribution in [3.05, 3.63) is 22.9 Å². The lowest BCUT2D eigenvalue weighted by molar-refractivity contribution is 1.34. The zero-order valence-corrected chi connectivity index (χ0v) is 7.98. The molecule has 0 saturated carbocycles. The number of aromatic amines is 1. The molecule has 0 fully saturated rings. The maximum Gasteiger partial charge on any atom is 0.0931 e. The number of aromatic nitrogens is 2. The molecule has 11 heavy (non-hydrogen) atoms. The van der Waals surface area contributed by atoms with Crippen LogP contribution in [0.3, 0.4) is 0 Å². The average Bonchev–Trinajstić information content (AvgIpc) is 2.36. The number of benzene rings is 1. The van der Waals surface area contributed by atoms with Crippen molar-refractivity contribution in [3.8, 4) is 0 Å². The Kier molecular flexibility index (Phi) is 1.65. The molecule has 0 radical (unpaired) electrons. The minimum absolute atomic E-state index is 0.907. The first-order valence-electron chi connectivity index (χ1n) is 3.09. The number of halogens is 1. The first-order valence-corrected chi connectivity index (χ1v) is 4.33. The highest BCUT2D eigenvalue weighted by molar-refractivity contribution is 9.10. The molecule has 2 rings (SSSR count). The topological polar surface area (TPSA) is 28.7 Å². The van der Waals surface area contributed by atoms with Gasteiger partial charge in [-0.1, -0.05) is 0 Å². The van der Waals surface area contributed by atoms with Crippen LogP contribution in [0.1, 0.15) is 0 Å². The summed E-state index contributed by atoms with van der Waals surface area (Å²) >= 11 is 7.62.